The molecule has 0 aliphatic heterocycles. The van der Waals surface area contributed by atoms with Gasteiger partial charge in [-0.15, -0.1) is 0 Å². The van der Waals surface area contributed by atoms with Crippen LogP contribution in [0.25, 0.3) is 0 Å². The van der Waals surface area contributed by atoms with Gasteiger partial charge in [0, 0.05) is 6.61 Å². The Hall–Kier alpha value is -0.440. The number of nitroso groups, excluding NO2 is 1. The fourth-order valence-corrected chi connectivity index (χ4v) is 4.03. The molecule has 0 aliphatic carbocycles. The number of unbranched alkanes of at least 4 members (excludes halogenated alkanes) is 19. The Morgan fingerprint density at radius 2 is 0.857 bits per heavy atom. The topological polar surface area (TPSA) is 49.7 Å². The molecule has 0 spiro atoms. The predicted octanol–water partition coefficient (Wildman–Crippen LogP) is 8.72. The second-order valence-corrected chi connectivity index (χ2v) is 8.78. The summed E-state index contributed by atoms with van der Waals surface area (Å²) in [5.41, 5.74) is 0. The van der Waals surface area contributed by atoms with Gasteiger partial charge >= 0.3 is 0 Å². The van der Waals surface area contributed by atoms with Gasteiger partial charge in [-0.2, -0.15) is 4.91 Å². The molecule has 1 atom stereocenters. The van der Waals surface area contributed by atoms with Gasteiger partial charge in [0.25, 0.3) is 0 Å². The number of aliphatic hydroxyl groups excluding tert-OH is 1. The van der Waals surface area contributed by atoms with Crippen molar-refractivity contribution in [3.8, 4) is 0 Å². The number of hydrogen-bond acceptors (Lipinski definition) is 3. The fraction of sp³-hybridized carbons (Fsp3) is 1.00. The Balaban J connectivity index is 3.07. The third-order valence-corrected chi connectivity index (χ3v) is 6.00. The van der Waals surface area contributed by atoms with Crippen LogP contribution in [0.3, 0.4) is 0 Å². The zero-order chi connectivity index (χ0) is 20.5. The van der Waals surface area contributed by atoms with E-state index in [4.69, 9.17) is 5.11 Å². The molecular formula is C25H51NO2. The van der Waals surface area contributed by atoms with Crippen molar-refractivity contribution in [3.63, 3.8) is 0 Å². The molecule has 1 unspecified atom stereocenters. The highest BCUT2D eigenvalue weighted by Crippen LogP contribution is 2.16. The lowest BCUT2D eigenvalue weighted by Gasteiger charge is -2.06. The van der Waals surface area contributed by atoms with Crippen LogP contribution in [-0.2, 0) is 0 Å². The normalized spacial score (nSPS) is 12.4. The van der Waals surface area contributed by atoms with Crippen molar-refractivity contribution in [1.29, 1.82) is 0 Å². The molecule has 168 valence electrons. The number of nitrogens with zero attached hydrogens (tertiary/aromatic N) is 1. The summed E-state index contributed by atoms with van der Waals surface area (Å²) < 4.78 is 0. The summed E-state index contributed by atoms with van der Waals surface area (Å²) in [7, 11) is 0. The maximum atomic E-state index is 10.6. The van der Waals surface area contributed by atoms with E-state index in [9.17, 15) is 4.91 Å². The van der Waals surface area contributed by atoms with Crippen molar-refractivity contribution in [2.24, 2.45) is 5.18 Å². The fourth-order valence-electron chi connectivity index (χ4n) is 4.03. The first-order valence-electron chi connectivity index (χ1n) is 12.8. The number of hydrogen-bond donors (Lipinski definition) is 1. The first-order valence-corrected chi connectivity index (χ1v) is 12.8. The number of aliphatic hydroxyl groups is 1. The van der Waals surface area contributed by atoms with Crippen LogP contribution in [0.5, 0.6) is 0 Å². The van der Waals surface area contributed by atoms with E-state index in [1.54, 1.807) is 0 Å². The van der Waals surface area contributed by atoms with Crippen molar-refractivity contribution < 1.29 is 5.11 Å². The summed E-state index contributed by atoms with van der Waals surface area (Å²) >= 11 is 0. The summed E-state index contributed by atoms with van der Waals surface area (Å²) in [5.74, 6) is 0. The Labute approximate surface area is 176 Å². The largest absolute Gasteiger partial charge is 0.396 e. The van der Waals surface area contributed by atoms with E-state index in [0.29, 0.717) is 6.42 Å². The lowest BCUT2D eigenvalue weighted by molar-refractivity contribution is 0.272. The molecular weight excluding hydrogens is 346 g/mol. The summed E-state index contributed by atoms with van der Waals surface area (Å²) in [6, 6.07) is -0.166. The third kappa shape index (κ3) is 21.9. The van der Waals surface area contributed by atoms with E-state index < -0.39 is 0 Å². The van der Waals surface area contributed by atoms with Crippen LogP contribution in [0.1, 0.15) is 148 Å². The van der Waals surface area contributed by atoms with Crippen molar-refractivity contribution >= 4 is 0 Å². The summed E-state index contributed by atoms with van der Waals surface area (Å²) in [6.07, 6.45) is 29.1. The van der Waals surface area contributed by atoms with E-state index in [1.165, 1.54) is 122 Å². The molecule has 0 heterocycles. The van der Waals surface area contributed by atoms with Crippen molar-refractivity contribution in [2.45, 2.75) is 154 Å². The van der Waals surface area contributed by atoms with Gasteiger partial charge in [-0.1, -0.05) is 141 Å². The first kappa shape index (κ1) is 27.6. The summed E-state index contributed by atoms with van der Waals surface area (Å²) in [4.78, 5) is 10.6. The molecule has 0 aliphatic rings. The lowest BCUT2D eigenvalue weighted by Crippen LogP contribution is -2.05. The average Bonchev–Trinajstić information content (AvgIpc) is 2.71. The maximum absolute atomic E-state index is 10.6. The molecule has 0 aromatic carbocycles. The predicted molar refractivity (Wildman–Crippen MR) is 124 cm³/mol. The van der Waals surface area contributed by atoms with E-state index >= 15 is 0 Å². The van der Waals surface area contributed by atoms with E-state index in [-0.39, 0.29) is 12.6 Å². The van der Waals surface area contributed by atoms with Gasteiger partial charge in [0.05, 0.1) is 6.04 Å². The molecule has 0 rings (SSSR count). The minimum absolute atomic E-state index is 0.0790. The second-order valence-electron chi connectivity index (χ2n) is 8.78. The van der Waals surface area contributed by atoms with Crippen LogP contribution in [0.15, 0.2) is 5.18 Å². The van der Waals surface area contributed by atoms with Gasteiger partial charge in [-0.05, 0) is 12.8 Å². The second kappa shape index (κ2) is 24.6. The zero-order valence-electron chi connectivity index (χ0n) is 19.1. The van der Waals surface area contributed by atoms with Crippen LogP contribution >= 0.6 is 0 Å². The molecule has 0 aromatic rings. The molecule has 0 aromatic heterocycles. The molecule has 0 fully saturated rings. The summed E-state index contributed by atoms with van der Waals surface area (Å²) in [6.45, 7) is 2.37. The van der Waals surface area contributed by atoms with E-state index in [1.807, 2.05) is 0 Å². The Morgan fingerprint density at radius 3 is 1.14 bits per heavy atom. The Kier molecular flexibility index (Phi) is 24.2. The highest BCUT2D eigenvalue weighted by Gasteiger charge is 2.06. The highest BCUT2D eigenvalue weighted by molar-refractivity contribution is 4.64. The molecule has 0 amide bonds. The molecule has 0 bridgehead atoms. The van der Waals surface area contributed by atoms with Gasteiger partial charge in [0.1, 0.15) is 0 Å². The lowest BCUT2D eigenvalue weighted by atomic mass is 10.0. The van der Waals surface area contributed by atoms with Crippen molar-refractivity contribution in [3.05, 3.63) is 4.91 Å². The number of rotatable bonds is 24. The zero-order valence-corrected chi connectivity index (χ0v) is 19.1. The van der Waals surface area contributed by atoms with Crippen LogP contribution in [0, 0.1) is 4.91 Å². The summed E-state index contributed by atoms with van der Waals surface area (Å²) in [5, 5.41) is 11.9. The monoisotopic (exact) mass is 397 g/mol. The van der Waals surface area contributed by atoms with Crippen LogP contribution in [0.4, 0.5) is 0 Å². The van der Waals surface area contributed by atoms with E-state index in [2.05, 4.69) is 12.1 Å². The maximum Gasteiger partial charge on any atom is 0.0941 e. The molecule has 3 heteroatoms. The van der Waals surface area contributed by atoms with Crippen molar-refractivity contribution in [2.75, 3.05) is 6.61 Å². The molecule has 0 saturated heterocycles. The van der Waals surface area contributed by atoms with Gasteiger partial charge in [-0.25, -0.2) is 0 Å². The van der Waals surface area contributed by atoms with Gasteiger partial charge < -0.3 is 5.11 Å². The van der Waals surface area contributed by atoms with Crippen LogP contribution in [0.2, 0.25) is 0 Å². The first-order chi connectivity index (χ1) is 13.8. The van der Waals surface area contributed by atoms with E-state index in [0.717, 1.165) is 12.8 Å². The quantitative estimate of drug-likeness (QED) is 0.131. The van der Waals surface area contributed by atoms with Crippen molar-refractivity contribution in [1.82, 2.24) is 0 Å². The molecule has 3 nitrogen and oxygen atoms in total. The molecule has 0 saturated carbocycles. The highest BCUT2D eigenvalue weighted by atomic mass is 16.3. The van der Waals surface area contributed by atoms with Gasteiger partial charge in [0.15, 0.2) is 0 Å². The SMILES string of the molecule is CCCCCCCCCCCCCCCCCCCCCCC(CCO)N=O. The van der Waals surface area contributed by atoms with Crippen LogP contribution in [-0.4, -0.2) is 17.8 Å². The smallest absolute Gasteiger partial charge is 0.0941 e. The Bertz CT molecular complexity index is 296. The third-order valence-electron chi connectivity index (χ3n) is 6.00. The van der Waals surface area contributed by atoms with Crippen LogP contribution < -0.4 is 0 Å². The molecule has 0 radical (unpaired) electrons. The standard InChI is InChI=1S/C25H51NO2/c1-2-3-4-5-6-7-8-9-10-11-12-13-14-15-16-17-18-19-20-21-22-25(26-28)23-24-27/h25,27H,2-24H2,1H3. The average molecular weight is 398 g/mol. The molecule has 1 N–H and O–H groups in total. The molecule has 28 heavy (non-hydrogen) atoms. The minimum atomic E-state index is -0.166. The Morgan fingerprint density at radius 1 is 0.536 bits per heavy atom. The van der Waals surface area contributed by atoms with Gasteiger partial charge in [-0.3, -0.25) is 0 Å². The van der Waals surface area contributed by atoms with Gasteiger partial charge in [0.2, 0.25) is 0 Å². The minimum Gasteiger partial charge on any atom is -0.396 e.